The Labute approximate surface area is 132 Å². The molecule has 2 heterocycles. The van der Waals surface area contributed by atoms with Crippen LogP contribution in [-0.2, 0) is 11.2 Å². The Morgan fingerprint density at radius 2 is 2.00 bits per heavy atom. The zero-order valence-corrected chi connectivity index (χ0v) is 13.3. The minimum atomic E-state index is -0.294. The van der Waals surface area contributed by atoms with Gasteiger partial charge < -0.3 is 10.2 Å². The molecule has 0 aliphatic carbocycles. The molecule has 0 unspecified atom stereocenters. The molecule has 2 saturated heterocycles. The minimum absolute atomic E-state index is 0. The third-order valence-electron chi connectivity index (χ3n) is 4.08. The summed E-state index contributed by atoms with van der Waals surface area (Å²) in [7, 11) is 0. The molecule has 0 aromatic heterocycles. The average Bonchev–Trinajstić information content (AvgIpc) is 2.94. The van der Waals surface area contributed by atoms with Crippen molar-refractivity contribution in [3.05, 3.63) is 34.1 Å². The first-order valence-electron chi connectivity index (χ1n) is 6.56. The van der Waals surface area contributed by atoms with E-state index in [0.717, 1.165) is 31.7 Å². The zero-order valence-electron chi connectivity index (χ0n) is 10.9. The number of hydrogen-bond acceptors (Lipinski definition) is 2. The Kier molecular flexibility index (Phi) is 5.04. The molecule has 1 amide bonds. The second-order valence-corrected chi connectivity index (χ2v) is 6.26. The van der Waals surface area contributed by atoms with Crippen LogP contribution in [0.15, 0.2) is 22.7 Å². The number of fused-ring (bicyclic) bond motifs is 1. The van der Waals surface area contributed by atoms with E-state index in [2.05, 4.69) is 21.2 Å². The first-order valence-corrected chi connectivity index (χ1v) is 7.35. The lowest BCUT2D eigenvalue weighted by molar-refractivity contribution is -0.129. The summed E-state index contributed by atoms with van der Waals surface area (Å²) in [6.45, 7) is 3.77. The summed E-state index contributed by atoms with van der Waals surface area (Å²) in [6.07, 6.45) is 0.353. The highest BCUT2D eigenvalue weighted by molar-refractivity contribution is 9.10. The number of rotatable bonds is 2. The Bertz CT molecular complexity index is 502. The molecule has 1 aromatic carbocycles. The van der Waals surface area contributed by atoms with Crippen molar-refractivity contribution in [2.45, 2.75) is 6.42 Å². The second-order valence-electron chi connectivity index (χ2n) is 5.40. The van der Waals surface area contributed by atoms with Crippen LogP contribution in [0.3, 0.4) is 0 Å². The third-order valence-corrected chi connectivity index (χ3v) is 4.69. The molecule has 110 valence electrons. The van der Waals surface area contributed by atoms with Crippen molar-refractivity contribution in [3.63, 3.8) is 0 Å². The summed E-state index contributed by atoms with van der Waals surface area (Å²) < 4.78 is 13.6. The molecule has 0 radical (unpaired) electrons. The van der Waals surface area contributed by atoms with E-state index >= 15 is 0 Å². The van der Waals surface area contributed by atoms with Gasteiger partial charge in [0.25, 0.3) is 0 Å². The number of nitrogens with one attached hydrogen (secondary N) is 1. The lowest BCUT2D eigenvalue weighted by Crippen LogP contribution is -2.32. The van der Waals surface area contributed by atoms with Crippen LogP contribution in [0.5, 0.6) is 0 Å². The number of amides is 1. The maximum atomic E-state index is 13.1. The lowest BCUT2D eigenvalue weighted by Gasteiger charge is -2.17. The normalized spacial score (nSPS) is 24.4. The number of benzene rings is 1. The molecule has 2 fully saturated rings. The molecular formula is C14H17BrClFN2O. The van der Waals surface area contributed by atoms with Crippen molar-refractivity contribution < 1.29 is 9.18 Å². The topological polar surface area (TPSA) is 32.3 Å². The molecule has 2 aliphatic heterocycles. The van der Waals surface area contributed by atoms with Crippen LogP contribution in [-0.4, -0.2) is 37.0 Å². The quantitative estimate of drug-likeness (QED) is 0.874. The van der Waals surface area contributed by atoms with Gasteiger partial charge in [-0.1, -0.05) is 6.07 Å². The molecule has 1 aromatic rings. The fraction of sp³-hybridized carbons (Fsp3) is 0.500. The molecule has 3 rings (SSSR count). The molecule has 1 N–H and O–H groups in total. The Morgan fingerprint density at radius 3 is 2.60 bits per heavy atom. The molecule has 3 nitrogen and oxygen atoms in total. The van der Waals surface area contributed by atoms with Gasteiger partial charge in [0.1, 0.15) is 5.82 Å². The minimum Gasteiger partial charge on any atom is -0.342 e. The van der Waals surface area contributed by atoms with Gasteiger partial charge in [-0.3, -0.25) is 4.79 Å². The van der Waals surface area contributed by atoms with E-state index in [0.29, 0.717) is 22.7 Å². The van der Waals surface area contributed by atoms with Crippen molar-refractivity contribution in [1.82, 2.24) is 10.2 Å². The fourth-order valence-corrected chi connectivity index (χ4v) is 3.42. The van der Waals surface area contributed by atoms with E-state index in [4.69, 9.17) is 0 Å². The second kappa shape index (κ2) is 6.41. The zero-order chi connectivity index (χ0) is 13.4. The Balaban J connectivity index is 0.00000147. The summed E-state index contributed by atoms with van der Waals surface area (Å²) in [5.41, 5.74) is 0.855. The first-order chi connectivity index (χ1) is 9.13. The molecule has 0 bridgehead atoms. The van der Waals surface area contributed by atoms with E-state index < -0.39 is 0 Å². The van der Waals surface area contributed by atoms with Crippen LogP contribution in [0, 0.1) is 17.7 Å². The van der Waals surface area contributed by atoms with E-state index in [1.807, 2.05) is 4.90 Å². The fourth-order valence-electron chi connectivity index (χ4n) is 3.00. The van der Waals surface area contributed by atoms with Crippen LogP contribution in [0.2, 0.25) is 0 Å². The van der Waals surface area contributed by atoms with Gasteiger partial charge >= 0.3 is 0 Å². The van der Waals surface area contributed by atoms with Gasteiger partial charge in [0.2, 0.25) is 5.91 Å². The van der Waals surface area contributed by atoms with Gasteiger partial charge in [0.15, 0.2) is 0 Å². The maximum absolute atomic E-state index is 13.1. The standard InChI is InChI=1S/C14H16BrFN2O.ClH/c15-12-3-9(1-2-13(12)16)4-14(19)18-7-10-5-17-6-11(10)8-18;/h1-3,10-11,17H,4-8H2;1H/t10-,11+;. The van der Waals surface area contributed by atoms with Crippen molar-refractivity contribution in [2.75, 3.05) is 26.2 Å². The van der Waals surface area contributed by atoms with Crippen LogP contribution in [0.1, 0.15) is 5.56 Å². The van der Waals surface area contributed by atoms with Gasteiger partial charge in [-0.15, -0.1) is 12.4 Å². The monoisotopic (exact) mass is 362 g/mol. The highest BCUT2D eigenvalue weighted by atomic mass is 79.9. The largest absolute Gasteiger partial charge is 0.342 e. The number of halogens is 3. The van der Waals surface area contributed by atoms with Crippen molar-refractivity contribution in [2.24, 2.45) is 11.8 Å². The van der Waals surface area contributed by atoms with Gasteiger partial charge in [0, 0.05) is 26.2 Å². The predicted molar refractivity (Wildman–Crippen MR) is 81.5 cm³/mol. The number of carbonyl (C=O) groups is 1. The predicted octanol–water partition coefficient (Wildman–Crippen LogP) is 2.23. The van der Waals surface area contributed by atoms with Crippen molar-refractivity contribution in [1.29, 1.82) is 0 Å². The SMILES string of the molecule is Cl.O=C(Cc1ccc(F)c(Br)c1)N1C[C@H]2CNC[C@H]2C1. The molecule has 0 spiro atoms. The number of carbonyl (C=O) groups excluding carboxylic acids is 1. The van der Waals surface area contributed by atoms with Crippen LogP contribution >= 0.6 is 28.3 Å². The van der Waals surface area contributed by atoms with Crippen molar-refractivity contribution in [3.8, 4) is 0 Å². The summed E-state index contributed by atoms with van der Waals surface area (Å²) >= 11 is 3.15. The Hall–Kier alpha value is -0.650. The van der Waals surface area contributed by atoms with E-state index in [1.54, 1.807) is 12.1 Å². The van der Waals surface area contributed by atoms with Crippen LogP contribution in [0.4, 0.5) is 4.39 Å². The molecule has 2 atom stereocenters. The third kappa shape index (κ3) is 3.15. The number of likely N-dealkylation sites (tertiary alicyclic amines) is 1. The summed E-state index contributed by atoms with van der Waals surface area (Å²) in [5, 5.41) is 3.36. The Morgan fingerprint density at radius 1 is 1.35 bits per heavy atom. The van der Waals surface area contributed by atoms with Crippen LogP contribution < -0.4 is 5.32 Å². The van der Waals surface area contributed by atoms with E-state index in [-0.39, 0.29) is 24.1 Å². The lowest BCUT2D eigenvalue weighted by atomic mass is 10.0. The molecule has 20 heavy (non-hydrogen) atoms. The van der Waals surface area contributed by atoms with Gasteiger partial charge in [0.05, 0.1) is 10.9 Å². The van der Waals surface area contributed by atoms with E-state index in [9.17, 15) is 9.18 Å². The van der Waals surface area contributed by atoms with Gasteiger partial charge in [-0.25, -0.2) is 4.39 Å². The molecule has 2 aliphatic rings. The van der Waals surface area contributed by atoms with Crippen molar-refractivity contribution >= 4 is 34.2 Å². The number of nitrogens with zero attached hydrogens (tertiary/aromatic N) is 1. The number of hydrogen-bond donors (Lipinski definition) is 1. The average molecular weight is 364 g/mol. The van der Waals surface area contributed by atoms with E-state index in [1.165, 1.54) is 6.07 Å². The molecule has 6 heteroatoms. The first kappa shape index (κ1) is 15.7. The summed E-state index contributed by atoms with van der Waals surface area (Å²) in [6, 6.07) is 4.76. The highest BCUT2D eigenvalue weighted by Gasteiger charge is 2.37. The summed E-state index contributed by atoms with van der Waals surface area (Å²) in [4.78, 5) is 14.2. The van der Waals surface area contributed by atoms with Gasteiger partial charge in [-0.2, -0.15) is 0 Å². The highest BCUT2D eigenvalue weighted by Crippen LogP contribution is 2.27. The maximum Gasteiger partial charge on any atom is 0.227 e. The summed E-state index contributed by atoms with van der Waals surface area (Å²) in [5.74, 6) is 1.08. The smallest absolute Gasteiger partial charge is 0.227 e. The van der Waals surface area contributed by atoms with Crippen LogP contribution in [0.25, 0.3) is 0 Å². The van der Waals surface area contributed by atoms with Gasteiger partial charge in [-0.05, 0) is 45.5 Å². The molecular weight excluding hydrogens is 347 g/mol. The molecule has 0 saturated carbocycles.